The van der Waals surface area contributed by atoms with Gasteiger partial charge in [0.1, 0.15) is 11.6 Å². The van der Waals surface area contributed by atoms with Gasteiger partial charge >= 0.3 is 0 Å². The standard InChI is InChI=1S/C10H10F2N4O/c11-8-2-1-3-9(12)7(8)6-10(17)14-4-5-15-16-13/h1-3H,4-6H2,(H,14,17). The smallest absolute Gasteiger partial charge is 0.224 e. The topological polar surface area (TPSA) is 77.9 Å². The molecule has 0 aromatic heterocycles. The van der Waals surface area contributed by atoms with Crippen LogP contribution in [0.25, 0.3) is 10.4 Å². The van der Waals surface area contributed by atoms with Crippen LogP contribution in [0.3, 0.4) is 0 Å². The van der Waals surface area contributed by atoms with Crippen LogP contribution in [0.2, 0.25) is 0 Å². The van der Waals surface area contributed by atoms with Gasteiger partial charge in [-0.1, -0.05) is 11.2 Å². The fourth-order valence-electron chi connectivity index (χ4n) is 1.21. The molecular weight excluding hydrogens is 230 g/mol. The summed E-state index contributed by atoms with van der Waals surface area (Å²) in [6.07, 6.45) is -0.380. The number of nitrogens with one attached hydrogen (secondary N) is 1. The molecule has 5 nitrogen and oxygen atoms in total. The predicted molar refractivity (Wildman–Crippen MR) is 57.1 cm³/mol. The summed E-state index contributed by atoms with van der Waals surface area (Å²) >= 11 is 0. The van der Waals surface area contributed by atoms with Crippen molar-refractivity contribution >= 4 is 5.91 Å². The number of benzene rings is 1. The van der Waals surface area contributed by atoms with E-state index in [0.717, 1.165) is 12.1 Å². The van der Waals surface area contributed by atoms with Crippen LogP contribution in [-0.2, 0) is 11.2 Å². The Balaban J connectivity index is 2.53. The van der Waals surface area contributed by atoms with E-state index in [9.17, 15) is 13.6 Å². The van der Waals surface area contributed by atoms with Crippen LogP contribution in [-0.4, -0.2) is 19.0 Å². The Bertz CT molecular complexity index is 437. The monoisotopic (exact) mass is 240 g/mol. The molecule has 1 amide bonds. The molecule has 0 radical (unpaired) electrons. The van der Waals surface area contributed by atoms with Crippen molar-refractivity contribution in [2.75, 3.05) is 13.1 Å². The van der Waals surface area contributed by atoms with Crippen molar-refractivity contribution in [2.24, 2.45) is 5.11 Å². The van der Waals surface area contributed by atoms with Gasteiger partial charge in [-0.3, -0.25) is 4.79 Å². The van der Waals surface area contributed by atoms with Crippen molar-refractivity contribution < 1.29 is 13.6 Å². The molecule has 0 aliphatic heterocycles. The van der Waals surface area contributed by atoms with Gasteiger partial charge in [-0.15, -0.1) is 0 Å². The molecule has 17 heavy (non-hydrogen) atoms. The van der Waals surface area contributed by atoms with Crippen molar-refractivity contribution in [3.8, 4) is 0 Å². The van der Waals surface area contributed by atoms with Gasteiger partial charge in [-0.05, 0) is 17.7 Å². The molecule has 1 aromatic carbocycles. The van der Waals surface area contributed by atoms with Gasteiger partial charge in [0.2, 0.25) is 5.91 Å². The number of hydrogen-bond acceptors (Lipinski definition) is 2. The van der Waals surface area contributed by atoms with Crippen molar-refractivity contribution in [1.29, 1.82) is 0 Å². The molecule has 0 aliphatic carbocycles. The first kappa shape index (κ1) is 12.9. The van der Waals surface area contributed by atoms with Crippen LogP contribution in [0.1, 0.15) is 5.56 Å². The molecule has 0 saturated carbocycles. The lowest BCUT2D eigenvalue weighted by Crippen LogP contribution is -2.28. The number of halogens is 2. The van der Waals surface area contributed by atoms with E-state index in [1.54, 1.807) is 0 Å². The van der Waals surface area contributed by atoms with Crippen molar-refractivity contribution in [2.45, 2.75) is 6.42 Å². The predicted octanol–water partition coefficient (Wildman–Crippen LogP) is 1.93. The molecule has 0 bridgehead atoms. The molecule has 0 atom stereocenters. The van der Waals surface area contributed by atoms with E-state index in [1.807, 2.05) is 0 Å². The first-order chi connectivity index (χ1) is 8.15. The maximum atomic E-state index is 13.2. The Labute approximate surface area is 96.1 Å². The molecule has 0 heterocycles. The lowest BCUT2D eigenvalue weighted by Gasteiger charge is -2.05. The maximum absolute atomic E-state index is 13.2. The van der Waals surface area contributed by atoms with Gasteiger partial charge in [0.25, 0.3) is 0 Å². The molecule has 7 heteroatoms. The first-order valence-corrected chi connectivity index (χ1v) is 4.85. The van der Waals surface area contributed by atoms with Crippen LogP contribution in [0, 0.1) is 11.6 Å². The summed E-state index contributed by atoms with van der Waals surface area (Å²) in [7, 11) is 0. The minimum atomic E-state index is -0.754. The van der Waals surface area contributed by atoms with Crippen LogP contribution >= 0.6 is 0 Å². The van der Waals surface area contributed by atoms with E-state index < -0.39 is 17.5 Å². The minimum Gasteiger partial charge on any atom is -0.356 e. The second-order valence-corrected chi connectivity index (χ2v) is 3.18. The van der Waals surface area contributed by atoms with E-state index in [0.29, 0.717) is 0 Å². The maximum Gasteiger partial charge on any atom is 0.224 e. The Morgan fingerprint density at radius 3 is 2.65 bits per heavy atom. The van der Waals surface area contributed by atoms with Gasteiger partial charge in [-0.2, -0.15) is 0 Å². The van der Waals surface area contributed by atoms with Gasteiger partial charge < -0.3 is 5.32 Å². The summed E-state index contributed by atoms with van der Waals surface area (Å²) in [5.41, 5.74) is 7.72. The highest BCUT2D eigenvalue weighted by atomic mass is 19.1. The highest BCUT2D eigenvalue weighted by molar-refractivity contribution is 5.78. The number of azide groups is 1. The molecule has 0 saturated heterocycles. The number of nitrogens with zero attached hydrogens (tertiary/aromatic N) is 3. The molecule has 1 N–H and O–H groups in total. The van der Waals surface area contributed by atoms with E-state index in [-0.39, 0.29) is 25.1 Å². The summed E-state index contributed by atoms with van der Waals surface area (Å²) in [5.74, 6) is -2.03. The molecule has 1 rings (SSSR count). The van der Waals surface area contributed by atoms with Gasteiger partial charge in [0.15, 0.2) is 0 Å². The lowest BCUT2D eigenvalue weighted by molar-refractivity contribution is -0.120. The van der Waals surface area contributed by atoms with Gasteiger partial charge in [0.05, 0.1) is 6.42 Å². The van der Waals surface area contributed by atoms with Gasteiger partial charge in [-0.25, -0.2) is 8.78 Å². The zero-order chi connectivity index (χ0) is 12.7. The Morgan fingerprint density at radius 2 is 2.06 bits per heavy atom. The number of amides is 1. The minimum absolute atomic E-state index is 0.0992. The normalized spacial score (nSPS) is 9.53. The van der Waals surface area contributed by atoms with E-state index in [1.165, 1.54) is 6.07 Å². The van der Waals surface area contributed by atoms with Crippen molar-refractivity contribution in [3.05, 3.63) is 45.8 Å². The number of hydrogen-bond donors (Lipinski definition) is 1. The Kier molecular flexibility index (Phi) is 4.90. The molecule has 0 fully saturated rings. The summed E-state index contributed by atoms with van der Waals surface area (Å²) in [4.78, 5) is 13.8. The molecule has 1 aromatic rings. The van der Waals surface area contributed by atoms with E-state index in [2.05, 4.69) is 15.3 Å². The lowest BCUT2D eigenvalue weighted by atomic mass is 10.1. The highest BCUT2D eigenvalue weighted by Gasteiger charge is 2.12. The molecule has 90 valence electrons. The third kappa shape index (κ3) is 4.08. The van der Waals surface area contributed by atoms with Crippen LogP contribution in [0.4, 0.5) is 8.78 Å². The number of carbonyl (C=O) groups excluding carboxylic acids is 1. The zero-order valence-electron chi connectivity index (χ0n) is 8.86. The largest absolute Gasteiger partial charge is 0.356 e. The average molecular weight is 240 g/mol. The van der Waals surface area contributed by atoms with Gasteiger partial charge in [0, 0.05) is 23.6 Å². The molecule has 0 spiro atoms. The molecule has 0 aliphatic rings. The molecular formula is C10H10F2N4O. The van der Waals surface area contributed by atoms with E-state index >= 15 is 0 Å². The highest BCUT2D eigenvalue weighted by Crippen LogP contribution is 2.12. The third-order valence-electron chi connectivity index (χ3n) is 2.00. The summed E-state index contributed by atoms with van der Waals surface area (Å²) in [5, 5.41) is 5.59. The first-order valence-electron chi connectivity index (χ1n) is 4.85. The fraction of sp³-hybridized carbons (Fsp3) is 0.300. The second kappa shape index (κ2) is 6.44. The summed E-state index contributed by atoms with van der Waals surface area (Å²) < 4.78 is 26.3. The SMILES string of the molecule is [N-]=[N+]=NCCNC(=O)Cc1c(F)cccc1F. The van der Waals surface area contributed by atoms with Crippen molar-refractivity contribution in [3.63, 3.8) is 0 Å². The second-order valence-electron chi connectivity index (χ2n) is 3.18. The van der Waals surface area contributed by atoms with Crippen LogP contribution in [0.5, 0.6) is 0 Å². The zero-order valence-corrected chi connectivity index (χ0v) is 8.86. The Hall–Kier alpha value is -2.14. The average Bonchev–Trinajstić information content (AvgIpc) is 2.30. The quantitative estimate of drug-likeness (QED) is 0.363. The van der Waals surface area contributed by atoms with E-state index in [4.69, 9.17) is 5.53 Å². The van der Waals surface area contributed by atoms with Crippen molar-refractivity contribution in [1.82, 2.24) is 5.32 Å². The Morgan fingerprint density at radius 1 is 1.41 bits per heavy atom. The summed E-state index contributed by atoms with van der Waals surface area (Å²) in [6, 6.07) is 3.41. The van der Waals surface area contributed by atoms with Crippen LogP contribution in [0.15, 0.2) is 23.3 Å². The summed E-state index contributed by atoms with van der Waals surface area (Å²) in [6.45, 7) is 0.237. The van der Waals surface area contributed by atoms with Crippen LogP contribution < -0.4 is 5.32 Å². The number of rotatable bonds is 5. The third-order valence-corrected chi connectivity index (χ3v) is 2.00. The number of carbonyl (C=O) groups is 1. The molecule has 0 unspecified atom stereocenters. The fourth-order valence-corrected chi connectivity index (χ4v) is 1.21.